The van der Waals surface area contributed by atoms with Crippen LogP contribution in [0.25, 0.3) is 0 Å². The molecule has 0 aromatic rings. The molecule has 0 bridgehead atoms. The lowest BCUT2D eigenvalue weighted by Gasteiger charge is -2.17. The molecular weight excluding hydrogens is 176 g/mol. The van der Waals surface area contributed by atoms with Crippen LogP contribution >= 0.6 is 0 Å². The Kier molecular flexibility index (Phi) is 5.82. The van der Waals surface area contributed by atoms with E-state index in [2.05, 4.69) is 0 Å². The third-order valence-electron chi connectivity index (χ3n) is 1.35. The highest BCUT2D eigenvalue weighted by Gasteiger charge is 2.11. The lowest BCUT2D eigenvalue weighted by atomic mass is 10.4. The molecule has 0 aliphatic rings. The second-order valence-corrected chi connectivity index (χ2v) is 2.56. The predicted molar refractivity (Wildman–Crippen MR) is 45.1 cm³/mol. The smallest absolute Gasteiger partial charge is 0.317 e. The van der Waals surface area contributed by atoms with Crippen LogP contribution in [0, 0.1) is 0 Å². The first-order valence-electron chi connectivity index (χ1n) is 3.77. The highest BCUT2D eigenvalue weighted by molar-refractivity contribution is 5.77. The van der Waals surface area contributed by atoms with Crippen LogP contribution in [-0.4, -0.2) is 55.2 Å². The minimum Gasteiger partial charge on any atom is -0.480 e. The van der Waals surface area contributed by atoms with Crippen LogP contribution in [0.5, 0.6) is 0 Å². The van der Waals surface area contributed by atoms with E-state index >= 15 is 0 Å². The number of ether oxygens (including phenoxy) is 1. The largest absolute Gasteiger partial charge is 0.480 e. The monoisotopic (exact) mass is 190 g/mol. The summed E-state index contributed by atoms with van der Waals surface area (Å²) in [6.07, 6.45) is 0. The molecule has 0 aromatic heterocycles. The molecular formula is C7H14N2O4. The van der Waals surface area contributed by atoms with Crippen LogP contribution in [0.15, 0.2) is 0 Å². The standard InChI is InChI=1S/C7H14N2O4/c1-13-3-2-9(4-6(8)10)5-7(11)12/h2-5H2,1H3,(H2,8,10)(H,11,12). The molecule has 0 spiro atoms. The van der Waals surface area contributed by atoms with Crippen molar-refractivity contribution in [3.8, 4) is 0 Å². The number of carboxylic acid groups (broad SMARTS) is 1. The van der Waals surface area contributed by atoms with Crippen molar-refractivity contribution in [3.63, 3.8) is 0 Å². The molecule has 76 valence electrons. The molecule has 0 aliphatic heterocycles. The van der Waals surface area contributed by atoms with Gasteiger partial charge in [0.15, 0.2) is 0 Å². The summed E-state index contributed by atoms with van der Waals surface area (Å²) in [4.78, 5) is 22.2. The van der Waals surface area contributed by atoms with Crippen molar-refractivity contribution in [3.05, 3.63) is 0 Å². The molecule has 6 heteroatoms. The summed E-state index contributed by atoms with van der Waals surface area (Å²) in [6, 6.07) is 0. The Morgan fingerprint density at radius 3 is 2.46 bits per heavy atom. The van der Waals surface area contributed by atoms with E-state index < -0.39 is 11.9 Å². The number of nitrogens with two attached hydrogens (primary N) is 1. The molecule has 0 aliphatic carbocycles. The zero-order valence-corrected chi connectivity index (χ0v) is 7.52. The van der Waals surface area contributed by atoms with Crippen LogP contribution in [0.4, 0.5) is 0 Å². The molecule has 0 aromatic carbocycles. The number of carbonyl (C=O) groups excluding carboxylic acids is 1. The maximum absolute atomic E-state index is 10.5. The van der Waals surface area contributed by atoms with E-state index in [1.807, 2.05) is 0 Å². The van der Waals surface area contributed by atoms with Crippen molar-refractivity contribution in [2.24, 2.45) is 5.73 Å². The van der Waals surface area contributed by atoms with Gasteiger partial charge < -0.3 is 15.6 Å². The van der Waals surface area contributed by atoms with Gasteiger partial charge in [-0.25, -0.2) is 0 Å². The molecule has 0 atom stereocenters. The molecule has 0 rings (SSSR count). The van der Waals surface area contributed by atoms with Crippen LogP contribution in [0.2, 0.25) is 0 Å². The van der Waals surface area contributed by atoms with Crippen molar-refractivity contribution >= 4 is 11.9 Å². The molecule has 1 amide bonds. The number of carboxylic acids is 1. The average molecular weight is 190 g/mol. The molecule has 6 nitrogen and oxygen atoms in total. The Morgan fingerprint density at radius 1 is 1.46 bits per heavy atom. The van der Waals surface area contributed by atoms with E-state index in [0.29, 0.717) is 13.2 Å². The first kappa shape index (κ1) is 11.9. The van der Waals surface area contributed by atoms with Gasteiger partial charge in [-0.2, -0.15) is 0 Å². The zero-order valence-electron chi connectivity index (χ0n) is 7.52. The van der Waals surface area contributed by atoms with Gasteiger partial charge in [0, 0.05) is 13.7 Å². The number of hydrogen-bond acceptors (Lipinski definition) is 4. The van der Waals surface area contributed by atoms with Gasteiger partial charge in [-0.3, -0.25) is 14.5 Å². The van der Waals surface area contributed by atoms with Crippen LogP contribution in [0.1, 0.15) is 0 Å². The molecule has 0 saturated carbocycles. The minimum atomic E-state index is -0.989. The number of aliphatic carboxylic acids is 1. The Labute approximate surface area is 76.3 Å². The molecule has 0 unspecified atom stereocenters. The number of primary amides is 1. The van der Waals surface area contributed by atoms with Crippen LogP contribution in [-0.2, 0) is 14.3 Å². The van der Waals surface area contributed by atoms with E-state index in [9.17, 15) is 9.59 Å². The third kappa shape index (κ3) is 7.23. The molecule has 0 fully saturated rings. The number of hydrogen-bond donors (Lipinski definition) is 2. The Morgan fingerprint density at radius 2 is 2.08 bits per heavy atom. The highest BCUT2D eigenvalue weighted by Crippen LogP contribution is 1.87. The number of amides is 1. The zero-order chi connectivity index (χ0) is 10.3. The van der Waals surface area contributed by atoms with Crippen molar-refractivity contribution < 1.29 is 19.4 Å². The fourth-order valence-electron chi connectivity index (χ4n) is 0.846. The maximum atomic E-state index is 10.5. The van der Waals surface area contributed by atoms with E-state index in [0.717, 1.165) is 0 Å². The summed E-state index contributed by atoms with van der Waals surface area (Å²) in [5, 5.41) is 8.46. The van der Waals surface area contributed by atoms with Crippen molar-refractivity contribution in [1.29, 1.82) is 0 Å². The minimum absolute atomic E-state index is 0.0599. The number of rotatable bonds is 7. The topological polar surface area (TPSA) is 92.9 Å². The summed E-state index contributed by atoms with van der Waals surface area (Å²) < 4.78 is 4.75. The summed E-state index contributed by atoms with van der Waals surface area (Å²) >= 11 is 0. The normalized spacial score (nSPS) is 10.3. The van der Waals surface area contributed by atoms with Gasteiger partial charge in [0.2, 0.25) is 5.91 Å². The SMILES string of the molecule is COCCN(CC(N)=O)CC(=O)O. The maximum Gasteiger partial charge on any atom is 0.317 e. The fourth-order valence-corrected chi connectivity index (χ4v) is 0.846. The molecule has 0 radical (unpaired) electrons. The van der Waals surface area contributed by atoms with E-state index in [-0.39, 0.29) is 13.1 Å². The third-order valence-corrected chi connectivity index (χ3v) is 1.35. The summed E-state index contributed by atoms with van der Waals surface area (Å²) in [5.74, 6) is -1.53. The number of carbonyl (C=O) groups is 2. The second-order valence-electron chi connectivity index (χ2n) is 2.56. The van der Waals surface area contributed by atoms with Gasteiger partial charge in [-0.1, -0.05) is 0 Å². The van der Waals surface area contributed by atoms with Gasteiger partial charge in [0.05, 0.1) is 19.7 Å². The summed E-state index contributed by atoms with van der Waals surface area (Å²) in [5.41, 5.74) is 4.93. The van der Waals surface area contributed by atoms with Crippen LogP contribution < -0.4 is 5.73 Å². The summed E-state index contributed by atoms with van der Waals surface area (Å²) in [6.45, 7) is 0.494. The van der Waals surface area contributed by atoms with Crippen molar-refractivity contribution in [2.75, 3.05) is 33.4 Å². The van der Waals surface area contributed by atoms with Crippen LogP contribution in [0.3, 0.4) is 0 Å². The molecule has 13 heavy (non-hydrogen) atoms. The Hall–Kier alpha value is -1.14. The molecule has 0 saturated heterocycles. The van der Waals surface area contributed by atoms with Gasteiger partial charge in [-0.15, -0.1) is 0 Å². The quantitative estimate of drug-likeness (QED) is 0.510. The summed E-state index contributed by atoms with van der Waals surface area (Å²) in [7, 11) is 1.50. The average Bonchev–Trinajstić information content (AvgIpc) is 1.98. The van der Waals surface area contributed by atoms with Gasteiger partial charge in [0.1, 0.15) is 0 Å². The Bertz CT molecular complexity index is 167. The number of methoxy groups -OCH3 is 1. The van der Waals surface area contributed by atoms with Gasteiger partial charge in [-0.05, 0) is 0 Å². The lowest BCUT2D eigenvalue weighted by molar-refractivity contribution is -0.138. The van der Waals surface area contributed by atoms with Crippen molar-refractivity contribution in [1.82, 2.24) is 4.90 Å². The van der Waals surface area contributed by atoms with E-state index in [4.69, 9.17) is 15.6 Å². The second kappa shape index (κ2) is 6.38. The Balaban J connectivity index is 3.87. The van der Waals surface area contributed by atoms with E-state index in [1.165, 1.54) is 12.0 Å². The van der Waals surface area contributed by atoms with E-state index in [1.54, 1.807) is 0 Å². The first-order valence-corrected chi connectivity index (χ1v) is 3.77. The highest BCUT2D eigenvalue weighted by atomic mass is 16.5. The first-order chi connectivity index (χ1) is 6.06. The molecule has 0 heterocycles. The van der Waals surface area contributed by atoms with Gasteiger partial charge in [0.25, 0.3) is 0 Å². The van der Waals surface area contributed by atoms with Gasteiger partial charge >= 0.3 is 5.97 Å². The predicted octanol–water partition coefficient (Wildman–Crippen LogP) is -1.50. The fraction of sp³-hybridized carbons (Fsp3) is 0.714. The lowest BCUT2D eigenvalue weighted by Crippen LogP contribution is -2.39. The number of nitrogens with zero attached hydrogens (tertiary/aromatic N) is 1. The molecule has 3 N–H and O–H groups in total. The van der Waals surface area contributed by atoms with Crippen molar-refractivity contribution in [2.45, 2.75) is 0 Å².